The number of aliphatic hydroxyl groups excluding tert-OH is 1. The van der Waals surface area contributed by atoms with Gasteiger partial charge in [0.25, 0.3) is 0 Å². The Labute approximate surface area is 154 Å². The lowest BCUT2D eigenvalue weighted by molar-refractivity contribution is -0.163. The van der Waals surface area contributed by atoms with E-state index in [0.717, 1.165) is 11.1 Å². The Morgan fingerprint density at radius 3 is 1.80 bits per heavy atom. The summed E-state index contributed by atoms with van der Waals surface area (Å²) in [6, 6.07) is 12.7. The Balaban J connectivity index is 2.02. The van der Waals surface area contributed by atoms with Crippen molar-refractivity contribution in [3.05, 3.63) is 69.7 Å². The monoisotopic (exact) mass is 379 g/mol. The first-order chi connectivity index (χ1) is 11.9. The number of hydrogen-bond donors (Lipinski definition) is 2. The van der Waals surface area contributed by atoms with Crippen LogP contribution in [-0.2, 0) is 9.59 Å². The number of carboxylic acid groups (broad SMARTS) is 1. The minimum atomic E-state index is -1.77. The average molecular weight is 380 g/mol. The Kier molecular flexibility index (Phi) is 5.11. The maximum absolute atomic E-state index is 12.0. The van der Waals surface area contributed by atoms with E-state index in [0.29, 0.717) is 10.0 Å². The van der Waals surface area contributed by atoms with Crippen molar-refractivity contribution in [1.82, 2.24) is 4.90 Å². The summed E-state index contributed by atoms with van der Waals surface area (Å²) >= 11 is 11.9. The van der Waals surface area contributed by atoms with Gasteiger partial charge < -0.3 is 10.2 Å². The molecule has 0 radical (unpaired) electrons. The predicted octanol–water partition coefficient (Wildman–Crippen LogP) is 2.78. The molecule has 0 amide bonds. The lowest BCUT2D eigenvalue weighted by atomic mass is 9.87. The van der Waals surface area contributed by atoms with Crippen LogP contribution < -0.4 is 0 Å². The number of ketones is 1. The number of halogens is 2. The van der Waals surface area contributed by atoms with Gasteiger partial charge in [0.05, 0.1) is 12.6 Å². The summed E-state index contributed by atoms with van der Waals surface area (Å²) in [6.45, 7) is 0.0604. The number of aliphatic hydroxyl groups is 1. The van der Waals surface area contributed by atoms with Crippen molar-refractivity contribution < 1.29 is 19.8 Å². The smallest absolute Gasteiger partial charge is 0.334 e. The van der Waals surface area contributed by atoms with Gasteiger partial charge in [0, 0.05) is 10.0 Å². The van der Waals surface area contributed by atoms with Gasteiger partial charge in [0.2, 0.25) is 0 Å². The van der Waals surface area contributed by atoms with Crippen molar-refractivity contribution in [2.75, 3.05) is 6.54 Å². The van der Waals surface area contributed by atoms with Crippen molar-refractivity contribution in [2.24, 2.45) is 0 Å². The zero-order chi connectivity index (χ0) is 18.1. The molecule has 2 aromatic carbocycles. The van der Waals surface area contributed by atoms with Crippen molar-refractivity contribution in [2.45, 2.75) is 18.2 Å². The number of likely N-dealkylation sites (tertiary alicyclic amines) is 1. The minimum absolute atomic E-state index is 0.0604. The molecular weight excluding hydrogens is 365 g/mol. The first-order valence-electron chi connectivity index (χ1n) is 7.58. The molecule has 0 aliphatic carbocycles. The van der Waals surface area contributed by atoms with Crippen LogP contribution in [0.5, 0.6) is 0 Å². The van der Waals surface area contributed by atoms with E-state index in [-0.39, 0.29) is 12.3 Å². The lowest BCUT2D eigenvalue weighted by Crippen LogP contribution is -2.64. The normalized spacial score (nSPS) is 18.9. The average Bonchev–Trinajstić information content (AvgIpc) is 2.57. The molecule has 2 aromatic rings. The van der Waals surface area contributed by atoms with Gasteiger partial charge in [-0.15, -0.1) is 0 Å². The molecular formula is C18H15Cl2NO4. The SMILES string of the molecule is O=C(O)C(O)C1C(=O)CN1C(c1ccc(Cl)cc1)c1ccc(Cl)cc1. The highest BCUT2D eigenvalue weighted by molar-refractivity contribution is 6.30. The molecule has 25 heavy (non-hydrogen) atoms. The number of Topliss-reactive ketones (excluding diaryl/α,β-unsaturated/α-hetero) is 1. The van der Waals surface area contributed by atoms with E-state index < -0.39 is 24.2 Å². The summed E-state index contributed by atoms with van der Waals surface area (Å²) in [4.78, 5) is 24.8. The van der Waals surface area contributed by atoms with E-state index >= 15 is 0 Å². The van der Waals surface area contributed by atoms with Crippen LogP contribution in [0.2, 0.25) is 10.0 Å². The molecule has 3 rings (SSSR count). The maximum atomic E-state index is 12.0. The van der Waals surface area contributed by atoms with Crippen LogP contribution in [0.15, 0.2) is 48.5 Å². The van der Waals surface area contributed by atoms with E-state index in [1.807, 2.05) is 24.3 Å². The second-order valence-corrected chi connectivity index (χ2v) is 6.75. The molecule has 0 saturated carbocycles. The highest BCUT2D eigenvalue weighted by atomic mass is 35.5. The Morgan fingerprint density at radius 2 is 1.44 bits per heavy atom. The van der Waals surface area contributed by atoms with Gasteiger partial charge in [0.1, 0.15) is 6.04 Å². The van der Waals surface area contributed by atoms with Crippen LogP contribution in [0.1, 0.15) is 17.2 Å². The topological polar surface area (TPSA) is 77.8 Å². The Hall–Kier alpha value is -1.92. The fraction of sp³-hybridized carbons (Fsp3) is 0.222. The van der Waals surface area contributed by atoms with Gasteiger partial charge >= 0.3 is 5.97 Å². The van der Waals surface area contributed by atoms with Crippen LogP contribution >= 0.6 is 23.2 Å². The zero-order valence-electron chi connectivity index (χ0n) is 13.0. The maximum Gasteiger partial charge on any atom is 0.334 e. The van der Waals surface area contributed by atoms with Gasteiger partial charge in [-0.2, -0.15) is 0 Å². The second kappa shape index (κ2) is 7.14. The molecule has 1 saturated heterocycles. The molecule has 130 valence electrons. The van der Waals surface area contributed by atoms with Crippen LogP contribution in [-0.4, -0.2) is 45.6 Å². The predicted molar refractivity (Wildman–Crippen MR) is 93.9 cm³/mol. The van der Waals surface area contributed by atoms with Crippen molar-refractivity contribution in [3.63, 3.8) is 0 Å². The number of nitrogens with zero attached hydrogens (tertiary/aromatic N) is 1. The molecule has 2 unspecified atom stereocenters. The zero-order valence-corrected chi connectivity index (χ0v) is 14.5. The quantitative estimate of drug-likeness (QED) is 0.834. The Bertz CT molecular complexity index is 746. The summed E-state index contributed by atoms with van der Waals surface area (Å²) < 4.78 is 0. The van der Waals surface area contributed by atoms with Crippen LogP contribution in [0, 0.1) is 0 Å². The lowest BCUT2D eigenvalue weighted by Gasteiger charge is -2.45. The number of carbonyl (C=O) groups excluding carboxylic acids is 1. The summed E-state index contributed by atoms with van der Waals surface area (Å²) in [5.74, 6) is -1.73. The van der Waals surface area contributed by atoms with E-state index in [1.165, 1.54) is 0 Å². The molecule has 1 heterocycles. The number of carbonyl (C=O) groups is 2. The third kappa shape index (κ3) is 3.55. The molecule has 2 atom stereocenters. The number of aliphatic carboxylic acids is 1. The van der Waals surface area contributed by atoms with E-state index in [2.05, 4.69) is 0 Å². The van der Waals surface area contributed by atoms with Crippen molar-refractivity contribution in [1.29, 1.82) is 0 Å². The first kappa shape index (κ1) is 17.9. The molecule has 0 bridgehead atoms. The van der Waals surface area contributed by atoms with E-state index in [1.54, 1.807) is 29.2 Å². The highest BCUT2D eigenvalue weighted by Gasteiger charge is 2.48. The third-order valence-corrected chi connectivity index (χ3v) is 4.78. The fourth-order valence-electron chi connectivity index (χ4n) is 3.05. The first-order valence-corrected chi connectivity index (χ1v) is 8.34. The summed E-state index contributed by atoms with van der Waals surface area (Å²) in [7, 11) is 0. The molecule has 2 N–H and O–H groups in total. The van der Waals surface area contributed by atoms with Crippen LogP contribution in [0.4, 0.5) is 0 Å². The summed E-state index contributed by atoms with van der Waals surface area (Å²) in [5, 5.41) is 20.1. The second-order valence-electron chi connectivity index (χ2n) is 5.87. The molecule has 7 heteroatoms. The van der Waals surface area contributed by atoms with E-state index in [9.17, 15) is 14.7 Å². The van der Waals surface area contributed by atoms with Gasteiger partial charge in [-0.25, -0.2) is 4.79 Å². The number of hydrogen-bond acceptors (Lipinski definition) is 4. The van der Waals surface area contributed by atoms with Gasteiger partial charge in [-0.3, -0.25) is 9.69 Å². The van der Waals surface area contributed by atoms with Crippen LogP contribution in [0.25, 0.3) is 0 Å². The highest BCUT2D eigenvalue weighted by Crippen LogP contribution is 2.36. The van der Waals surface area contributed by atoms with Gasteiger partial charge in [-0.05, 0) is 35.4 Å². The molecule has 0 aromatic heterocycles. The number of carboxylic acids is 1. The van der Waals surface area contributed by atoms with Crippen molar-refractivity contribution in [3.8, 4) is 0 Å². The fourth-order valence-corrected chi connectivity index (χ4v) is 3.31. The number of rotatable bonds is 5. The molecule has 5 nitrogen and oxygen atoms in total. The molecule has 0 spiro atoms. The standard InChI is InChI=1S/C18H15Cl2NO4/c19-12-5-1-10(2-6-12)15(11-3-7-13(20)8-4-11)21-9-14(22)16(21)17(23)18(24)25/h1-8,15-17,23H,9H2,(H,24,25). The summed E-state index contributed by atoms with van der Waals surface area (Å²) in [6.07, 6.45) is -1.77. The third-order valence-electron chi connectivity index (χ3n) is 4.28. The minimum Gasteiger partial charge on any atom is -0.479 e. The van der Waals surface area contributed by atoms with E-state index in [4.69, 9.17) is 28.3 Å². The van der Waals surface area contributed by atoms with Crippen LogP contribution in [0.3, 0.4) is 0 Å². The molecule has 1 fully saturated rings. The van der Waals surface area contributed by atoms with Gasteiger partial charge in [0.15, 0.2) is 11.9 Å². The Morgan fingerprint density at radius 1 is 1.00 bits per heavy atom. The van der Waals surface area contributed by atoms with Crippen molar-refractivity contribution >= 4 is 35.0 Å². The largest absolute Gasteiger partial charge is 0.479 e. The number of benzene rings is 2. The molecule has 1 aliphatic heterocycles. The molecule has 1 aliphatic rings. The van der Waals surface area contributed by atoms with Gasteiger partial charge in [-0.1, -0.05) is 47.5 Å². The summed E-state index contributed by atoms with van der Waals surface area (Å²) in [5.41, 5.74) is 1.67.